The average molecular weight is 295 g/mol. The standard InChI is InChI=1S/C16H25NO4/c1-10(18)17-8-7-14(20)15(21)12-9-11(16(2,3)4)5-6-13(12)19/h5-6,9,14-15,19-21H,7-8H2,1-4H3,(H,17,18). The van der Waals surface area contributed by atoms with Gasteiger partial charge in [0.1, 0.15) is 11.9 Å². The van der Waals surface area contributed by atoms with E-state index in [1.54, 1.807) is 12.1 Å². The summed E-state index contributed by atoms with van der Waals surface area (Å²) >= 11 is 0. The molecule has 1 amide bonds. The lowest BCUT2D eigenvalue weighted by molar-refractivity contribution is -0.119. The second kappa shape index (κ2) is 6.91. The second-order valence-corrected chi connectivity index (χ2v) is 6.31. The molecular weight excluding hydrogens is 270 g/mol. The number of hydrogen-bond acceptors (Lipinski definition) is 4. The number of amides is 1. The Labute approximate surface area is 125 Å². The number of phenolic OH excluding ortho intramolecular Hbond substituents is 1. The number of aromatic hydroxyl groups is 1. The van der Waals surface area contributed by atoms with Crippen LogP contribution < -0.4 is 5.32 Å². The first-order valence-electron chi connectivity index (χ1n) is 7.07. The van der Waals surface area contributed by atoms with Crippen LogP contribution in [-0.4, -0.2) is 33.9 Å². The molecule has 0 aromatic heterocycles. The minimum Gasteiger partial charge on any atom is -0.508 e. The van der Waals surface area contributed by atoms with Crippen molar-refractivity contribution in [3.8, 4) is 5.75 Å². The monoisotopic (exact) mass is 295 g/mol. The quantitative estimate of drug-likeness (QED) is 0.664. The molecule has 2 unspecified atom stereocenters. The molecule has 0 heterocycles. The van der Waals surface area contributed by atoms with Crippen LogP contribution >= 0.6 is 0 Å². The summed E-state index contributed by atoms with van der Waals surface area (Å²) in [4.78, 5) is 10.8. The van der Waals surface area contributed by atoms with E-state index in [-0.39, 0.29) is 30.0 Å². The van der Waals surface area contributed by atoms with Crippen LogP contribution in [0, 0.1) is 0 Å². The highest BCUT2D eigenvalue weighted by atomic mass is 16.3. The van der Waals surface area contributed by atoms with Crippen molar-refractivity contribution in [3.05, 3.63) is 29.3 Å². The second-order valence-electron chi connectivity index (χ2n) is 6.31. The van der Waals surface area contributed by atoms with Gasteiger partial charge in [0.05, 0.1) is 6.10 Å². The molecule has 0 bridgehead atoms. The maximum atomic E-state index is 10.8. The van der Waals surface area contributed by atoms with E-state index in [1.807, 2.05) is 20.8 Å². The van der Waals surface area contributed by atoms with Crippen LogP contribution in [0.2, 0.25) is 0 Å². The van der Waals surface area contributed by atoms with Gasteiger partial charge >= 0.3 is 0 Å². The lowest BCUT2D eigenvalue weighted by atomic mass is 9.85. The van der Waals surface area contributed by atoms with Crippen LogP contribution in [0.15, 0.2) is 18.2 Å². The number of benzene rings is 1. The van der Waals surface area contributed by atoms with E-state index in [0.29, 0.717) is 5.56 Å². The molecule has 0 saturated carbocycles. The van der Waals surface area contributed by atoms with Gasteiger partial charge in [-0.15, -0.1) is 0 Å². The number of carbonyl (C=O) groups excluding carboxylic acids is 1. The number of hydrogen-bond donors (Lipinski definition) is 4. The number of carbonyl (C=O) groups is 1. The maximum absolute atomic E-state index is 10.8. The molecule has 0 aliphatic rings. The predicted octanol–water partition coefficient (Wildman–Crippen LogP) is 1.61. The summed E-state index contributed by atoms with van der Waals surface area (Å²) in [5.41, 5.74) is 1.14. The van der Waals surface area contributed by atoms with E-state index in [4.69, 9.17) is 0 Å². The SMILES string of the molecule is CC(=O)NCCC(O)C(O)c1cc(C(C)(C)C)ccc1O. The fourth-order valence-electron chi connectivity index (χ4n) is 2.02. The van der Waals surface area contributed by atoms with Crippen LogP contribution in [-0.2, 0) is 10.2 Å². The number of rotatable bonds is 5. The van der Waals surface area contributed by atoms with Gasteiger partial charge in [-0.05, 0) is 29.5 Å². The van der Waals surface area contributed by atoms with E-state index >= 15 is 0 Å². The van der Waals surface area contributed by atoms with Crippen molar-refractivity contribution in [1.82, 2.24) is 5.32 Å². The molecule has 21 heavy (non-hydrogen) atoms. The van der Waals surface area contributed by atoms with Crippen molar-refractivity contribution in [1.29, 1.82) is 0 Å². The Bertz CT molecular complexity index is 494. The molecule has 5 nitrogen and oxygen atoms in total. The molecule has 1 aromatic rings. The molecule has 0 aliphatic carbocycles. The van der Waals surface area contributed by atoms with E-state index in [2.05, 4.69) is 5.32 Å². The largest absolute Gasteiger partial charge is 0.508 e. The summed E-state index contributed by atoms with van der Waals surface area (Å²) < 4.78 is 0. The minimum absolute atomic E-state index is 0.0472. The van der Waals surface area contributed by atoms with E-state index in [1.165, 1.54) is 13.0 Å². The van der Waals surface area contributed by atoms with Gasteiger partial charge in [0, 0.05) is 19.0 Å². The van der Waals surface area contributed by atoms with Crippen LogP contribution in [0.5, 0.6) is 5.75 Å². The summed E-state index contributed by atoms with van der Waals surface area (Å²) in [7, 11) is 0. The smallest absolute Gasteiger partial charge is 0.216 e. The van der Waals surface area contributed by atoms with Crippen molar-refractivity contribution >= 4 is 5.91 Å². The van der Waals surface area contributed by atoms with Gasteiger partial charge in [-0.3, -0.25) is 4.79 Å². The fraction of sp³-hybridized carbons (Fsp3) is 0.562. The van der Waals surface area contributed by atoms with Crippen molar-refractivity contribution in [2.75, 3.05) is 6.54 Å². The van der Waals surface area contributed by atoms with Crippen LogP contribution in [0.25, 0.3) is 0 Å². The average Bonchev–Trinajstić information content (AvgIpc) is 2.36. The van der Waals surface area contributed by atoms with Crippen LogP contribution in [0.3, 0.4) is 0 Å². The molecule has 118 valence electrons. The number of aliphatic hydroxyl groups is 2. The van der Waals surface area contributed by atoms with Gasteiger partial charge in [-0.2, -0.15) is 0 Å². The van der Waals surface area contributed by atoms with Crippen LogP contribution in [0.1, 0.15) is 51.3 Å². The Kier molecular flexibility index (Phi) is 5.75. The summed E-state index contributed by atoms with van der Waals surface area (Å²) in [6.07, 6.45) is -2.04. The third kappa shape index (κ3) is 5.02. The molecule has 0 saturated heterocycles. The summed E-state index contributed by atoms with van der Waals surface area (Å²) in [5.74, 6) is -0.233. The van der Waals surface area contributed by atoms with Crippen molar-refractivity contribution < 1.29 is 20.1 Å². The first-order valence-corrected chi connectivity index (χ1v) is 7.07. The van der Waals surface area contributed by atoms with Crippen molar-refractivity contribution in [3.63, 3.8) is 0 Å². The van der Waals surface area contributed by atoms with E-state index in [9.17, 15) is 20.1 Å². The molecule has 0 fully saturated rings. The zero-order valence-corrected chi connectivity index (χ0v) is 13.1. The first kappa shape index (κ1) is 17.5. The fourth-order valence-corrected chi connectivity index (χ4v) is 2.02. The molecule has 1 aromatic carbocycles. The Morgan fingerprint density at radius 3 is 2.43 bits per heavy atom. The van der Waals surface area contributed by atoms with Gasteiger partial charge in [-0.1, -0.05) is 26.8 Å². The Morgan fingerprint density at radius 2 is 1.90 bits per heavy atom. The lowest BCUT2D eigenvalue weighted by Crippen LogP contribution is -2.27. The maximum Gasteiger partial charge on any atom is 0.216 e. The van der Waals surface area contributed by atoms with Crippen molar-refractivity contribution in [2.45, 2.75) is 51.7 Å². The Morgan fingerprint density at radius 1 is 1.29 bits per heavy atom. The topological polar surface area (TPSA) is 89.8 Å². The van der Waals surface area contributed by atoms with E-state index < -0.39 is 12.2 Å². The van der Waals surface area contributed by atoms with Gasteiger partial charge in [0.25, 0.3) is 0 Å². The van der Waals surface area contributed by atoms with Gasteiger partial charge in [-0.25, -0.2) is 0 Å². The third-order valence-corrected chi connectivity index (χ3v) is 3.39. The van der Waals surface area contributed by atoms with Gasteiger partial charge < -0.3 is 20.6 Å². The van der Waals surface area contributed by atoms with Crippen molar-refractivity contribution in [2.24, 2.45) is 0 Å². The molecule has 1 rings (SSSR count). The molecule has 0 aliphatic heterocycles. The zero-order chi connectivity index (χ0) is 16.2. The Balaban J connectivity index is 2.85. The Hall–Kier alpha value is -1.59. The van der Waals surface area contributed by atoms with Gasteiger partial charge in [0.15, 0.2) is 0 Å². The molecule has 0 spiro atoms. The minimum atomic E-state index is -1.19. The third-order valence-electron chi connectivity index (χ3n) is 3.39. The number of nitrogens with one attached hydrogen (secondary N) is 1. The normalized spacial score (nSPS) is 14.6. The highest BCUT2D eigenvalue weighted by Gasteiger charge is 2.23. The molecule has 2 atom stereocenters. The van der Waals surface area contributed by atoms with Gasteiger partial charge in [0.2, 0.25) is 5.91 Å². The molecule has 5 heteroatoms. The van der Waals surface area contributed by atoms with Crippen LogP contribution in [0.4, 0.5) is 0 Å². The first-order chi connectivity index (χ1) is 9.62. The summed E-state index contributed by atoms with van der Waals surface area (Å²) in [6, 6.07) is 5.04. The molecule has 4 N–H and O–H groups in total. The summed E-state index contributed by atoms with van der Waals surface area (Å²) in [6.45, 7) is 7.75. The number of phenols is 1. The summed E-state index contributed by atoms with van der Waals surface area (Å²) in [5, 5.41) is 32.6. The predicted molar refractivity (Wildman–Crippen MR) is 81.1 cm³/mol. The molecular formula is C16H25NO4. The highest BCUT2D eigenvalue weighted by molar-refractivity contribution is 5.72. The van der Waals surface area contributed by atoms with E-state index in [0.717, 1.165) is 5.56 Å². The highest BCUT2D eigenvalue weighted by Crippen LogP contribution is 2.32. The number of aliphatic hydroxyl groups excluding tert-OH is 2. The molecule has 0 radical (unpaired) electrons. The zero-order valence-electron chi connectivity index (χ0n) is 13.1. The lowest BCUT2D eigenvalue weighted by Gasteiger charge is -2.24.